The van der Waals surface area contributed by atoms with E-state index in [-0.39, 0.29) is 12.0 Å². The standard InChI is InChI=1S/C35H46N2O6/c1-36-35(38)14-7-11-28-9-3-6-13-33(28)42-23-24-43-34-25-37-20-19-31(34)27-15-17-30(18-16-27)41-22-8-21-40-26-29-10-4-5-12-32(29)39-2/h3-6,9-10,12-13,15-18,31,34,37H,7-8,11,14,19-26H2,1-2H3,(H,36,38)/t31-,34+/m1/s1. The smallest absolute Gasteiger partial charge is 0.219 e. The second kappa shape index (κ2) is 18.2. The fourth-order valence-corrected chi connectivity index (χ4v) is 5.32. The van der Waals surface area contributed by atoms with Crippen molar-refractivity contribution >= 4 is 5.91 Å². The first-order valence-electron chi connectivity index (χ1n) is 15.3. The maximum atomic E-state index is 11.5. The molecule has 4 rings (SSSR count). The van der Waals surface area contributed by atoms with Crippen LogP contribution in [0.25, 0.3) is 0 Å². The summed E-state index contributed by atoms with van der Waals surface area (Å²) in [5, 5.41) is 6.14. The van der Waals surface area contributed by atoms with Crippen LogP contribution in [0.4, 0.5) is 0 Å². The number of rotatable bonds is 18. The zero-order chi connectivity index (χ0) is 30.1. The number of para-hydroxylation sites is 2. The van der Waals surface area contributed by atoms with Crippen LogP contribution in [0, 0.1) is 0 Å². The second-order valence-corrected chi connectivity index (χ2v) is 10.6. The Morgan fingerprint density at radius 1 is 0.860 bits per heavy atom. The predicted molar refractivity (Wildman–Crippen MR) is 168 cm³/mol. The van der Waals surface area contributed by atoms with Crippen LogP contribution in [0.15, 0.2) is 72.8 Å². The lowest BCUT2D eigenvalue weighted by molar-refractivity contribution is -0.120. The topological polar surface area (TPSA) is 87.3 Å². The Hall–Kier alpha value is -3.59. The van der Waals surface area contributed by atoms with E-state index in [2.05, 4.69) is 28.8 Å². The molecule has 1 amide bonds. The van der Waals surface area contributed by atoms with Gasteiger partial charge in [0, 0.05) is 37.9 Å². The number of benzene rings is 3. The monoisotopic (exact) mass is 590 g/mol. The summed E-state index contributed by atoms with van der Waals surface area (Å²) in [5.41, 5.74) is 3.43. The van der Waals surface area contributed by atoms with Crippen molar-refractivity contribution in [1.29, 1.82) is 0 Å². The molecule has 1 heterocycles. The molecule has 2 atom stereocenters. The molecule has 1 aliphatic rings. The van der Waals surface area contributed by atoms with Crippen LogP contribution in [0.2, 0.25) is 0 Å². The lowest BCUT2D eigenvalue weighted by atomic mass is 9.88. The van der Waals surface area contributed by atoms with Crippen molar-refractivity contribution in [3.63, 3.8) is 0 Å². The lowest BCUT2D eigenvalue weighted by Gasteiger charge is -2.32. The van der Waals surface area contributed by atoms with Crippen molar-refractivity contribution in [1.82, 2.24) is 10.6 Å². The summed E-state index contributed by atoms with van der Waals surface area (Å²) in [6.45, 7) is 4.52. The fraction of sp³-hybridized carbons (Fsp3) is 0.457. The first-order chi connectivity index (χ1) is 21.2. The highest BCUT2D eigenvalue weighted by Gasteiger charge is 2.27. The van der Waals surface area contributed by atoms with Crippen LogP contribution in [-0.2, 0) is 27.3 Å². The Labute approximate surface area is 256 Å². The molecule has 8 nitrogen and oxygen atoms in total. The van der Waals surface area contributed by atoms with Crippen LogP contribution < -0.4 is 24.8 Å². The van der Waals surface area contributed by atoms with Crippen molar-refractivity contribution in [2.45, 2.75) is 50.7 Å². The molecule has 0 aliphatic carbocycles. The lowest BCUT2D eigenvalue weighted by Crippen LogP contribution is -2.41. The number of carbonyl (C=O) groups is 1. The predicted octanol–water partition coefficient (Wildman–Crippen LogP) is 5.29. The zero-order valence-electron chi connectivity index (χ0n) is 25.5. The van der Waals surface area contributed by atoms with Gasteiger partial charge < -0.3 is 34.3 Å². The number of methoxy groups -OCH3 is 1. The van der Waals surface area contributed by atoms with Gasteiger partial charge in [0.1, 0.15) is 23.9 Å². The molecule has 8 heteroatoms. The molecule has 3 aromatic carbocycles. The molecule has 0 spiro atoms. The van der Waals surface area contributed by atoms with Crippen LogP contribution in [0.5, 0.6) is 17.2 Å². The third-order valence-electron chi connectivity index (χ3n) is 7.66. The first kappa shape index (κ1) is 32.3. The van der Waals surface area contributed by atoms with Crippen molar-refractivity contribution in [2.24, 2.45) is 0 Å². The van der Waals surface area contributed by atoms with Gasteiger partial charge in [0.15, 0.2) is 0 Å². The summed E-state index contributed by atoms with van der Waals surface area (Å²) in [4.78, 5) is 11.5. The number of hydrogen-bond acceptors (Lipinski definition) is 7. The maximum absolute atomic E-state index is 11.5. The zero-order valence-corrected chi connectivity index (χ0v) is 25.5. The van der Waals surface area contributed by atoms with Gasteiger partial charge in [-0.15, -0.1) is 0 Å². The molecule has 43 heavy (non-hydrogen) atoms. The van der Waals surface area contributed by atoms with Crippen molar-refractivity contribution in [3.8, 4) is 17.2 Å². The summed E-state index contributed by atoms with van der Waals surface area (Å²) in [6, 6.07) is 24.4. The highest BCUT2D eigenvalue weighted by molar-refractivity contribution is 5.75. The Bertz CT molecular complexity index is 1240. The third-order valence-corrected chi connectivity index (χ3v) is 7.66. The van der Waals surface area contributed by atoms with Gasteiger partial charge in [-0.2, -0.15) is 0 Å². The molecule has 1 fully saturated rings. The molecule has 232 valence electrons. The van der Waals surface area contributed by atoms with E-state index in [0.717, 1.165) is 67.1 Å². The van der Waals surface area contributed by atoms with E-state index in [1.54, 1.807) is 14.2 Å². The van der Waals surface area contributed by atoms with Gasteiger partial charge in [0.25, 0.3) is 0 Å². The van der Waals surface area contributed by atoms with Crippen molar-refractivity contribution in [3.05, 3.63) is 89.5 Å². The number of hydrogen-bond donors (Lipinski definition) is 2. The van der Waals surface area contributed by atoms with E-state index in [1.807, 2.05) is 54.6 Å². The van der Waals surface area contributed by atoms with E-state index in [1.165, 1.54) is 5.56 Å². The Morgan fingerprint density at radius 2 is 1.63 bits per heavy atom. The Kier molecular flexibility index (Phi) is 13.7. The largest absolute Gasteiger partial charge is 0.496 e. The van der Waals surface area contributed by atoms with Crippen LogP contribution in [-0.4, -0.2) is 65.7 Å². The van der Waals surface area contributed by atoms with Crippen molar-refractivity contribution < 1.29 is 28.5 Å². The van der Waals surface area contributed by atoms with E-state index < -0.39 is 0 Å². The molecule has 3 aromatic rings. The molecule has 2 N–H and O–H groups in total. The number of aryl methyl sites for hydroxylation is 1. The van der Waals surface area contributed by atoms with Crippen LogP contribution >= 0.6 is 0 Å². The molecule has 0 radical (unpaired) electrons. The highest BCUT2D eigenvalue weighted by Crippen LogP contribution is 2.29. The van der Waals surface area contributed by atoms with Gasteiger partial charge in [-0.3, -0.25) is 4.79 Å². The summed E-state index contributed by atoms with van der Waals surface area (Å²) in [7, 11) is 3.34. The second-order valence-electron chi connectivity index (χ2n) is 10.6. The normalized spacial score (nSPS) is 16.4. The summed E-state index contributed by atoms with van der Waals surface area (Å²) < 4.78 is 29.6. The average molecular weight is 591 g/mol. The highest BCUT2D eigenvalue weighted by atomic mass is 16.5. The van der Waals surface area contributed by atoms with E-state index in [4.69, 9.17) is 23.7 Å². The summed E-state index contributed by atoms with van der Waals surface area (Å²) in [5.74, 6) is 2.95. The van der Waals surface area contributed by atoms with Crippen LogP contribution in [0.1, 0.15) is 48.3 Å². The fourth-order valence-electron chi connectivity index (χ4n) is 5.32. The van der Waals surface area contributed by atoms with Gasteiger partial charge >= 0.3 is 0 Å². The molecule has 0 unspecified atom stereocenters. The molecule has 0 aromatic heterocycles. The minimum atomic E-state index is 0.0618. The average Bonchev–Trinajstić information content (AvgIpc) is 3.06. The minimum absolute atomic E-state index is 0.0618. The van der Waals surface area contributed by atoms with Gasteiger partial charge in [-0.05, 0) is 61.2 Å². The summed E-state index contributed by atoms with van der Waals surface area (Å²) >= 11 is 0. The molecule has 0 saturated carbocycles. The van der Waals surface area contributed by atoms with Crippen LogP contribution in [0.3, 0.4) is 0 Å². The number of ether oxygens (including phenoxy) is 5. The number of carbonyl (C=O) groups excluding carboxylic acids is 1. The van der Waals surface area contributed by atoms with E-state index in [9.17, 15) is 4.79 Å². The first-order valence-corrected chi connectivity index (χ1v) is 15.3. The molecule has 1 saturated heterocycles. The third kappa shape index (κ3) is 10.6. The molecular formula is C35H46N2O6. The Morgan fingerprint density at radius 3 is 2.42 bits per heavy atom. The Balaban J connectivity index is 1.16. The van der Waals surface area contributed by atoms with Gasteiger partial charge in [0.2, 0.25) is 5.91 Å². The minimum Gasteiger partial charge on any atom is -0.496 e. The maximum Gasteiger partial charge on any atom is 0.219 e. The quantitative estimate of drug-likeness (QED) is 0.195. The van der Waals surface area contributed by atoms with Gasteiger partial charge in [0.05, 0.1) is 39.6 Å². The van der Waals surface area contributed by atoms with Gasteiger partial charge in [-0.1, -0.05) is 48.5 Å². The van der Waals surface area contributed by atoms with E-state index >= 15 is 0 Å². The number of amides is 1. The number of piperidine rings is 1. The number of nitrogens with one attached hydrogen (secondary N) is 2. The SMILES string of the molecule is CNC(=O)CCCc1ccccc1OCCO[C@H]1CNCC[C@@H]1c1ccc(OCCCOCc2ccccc2OC)cc1. The van der Waals surface area contributed by atoms with Crippen molar-refractivity contribution in [2.75, 3.05) is 53.7 Å². The summed E-state index contributed by atoms with van der Waals surface area (Å²) in [6.07, 6.45) is 4.00. The molecule has 0 bridgehead atoms. The van der Waals surface area contributed by atoms with E-state index in [0.29, 0.717) is 45.4 Å². The molecule has 1 aliphatic heterocycles. The van der Waals surface area contributed by atoms with Gasteiger partial charge in [-0.25, -0.2) is 0 Å². The molecular weight excluding hydrogens is 544 g/mol.